The van der Waals surface area contributed by atoms with Crippen LogP contribution in [-0.4, -0.2) is 34.3 Å². The number of hydrogen-bond donors (Lipinski definition) is 1. The average molecular weight is 499 g/mol. The number of carbonyl (C=O) groups excluding carboxylic acids is 3. The third-order valence-electron chi connectivity index (χ3n) is 5.28. The first-order chi connectivity index (χ1) is 15.8. The highest BCUT2D eigenvalue weighted by atomic mass is 35.5. The predicted molar refractivity (Wildman–Crippen MR) is 133 cm³/mol. The lowest BCUT2D eigenvalue weighted by atomic mass is 10.00. The van der Waals surface area contributed by atoms with Crippen LogP contribution < -0.4 is 5.32 Å². The molecule has 5 nitrogen and oxygen atoms in total. The Labute approximate surface area is 206 Å². The molecule has 1 aliphatic heterocycles. The van der Waals surface area contributed by atoms with Crippen LogP contribution in [-0.2, 0) is 17.8 Å². The van der Waals surface area contributed by atoms with E-state index in [0.29, 0.717) is 28.6 Å². The zero-order chi connectivity index (χ0) is 23.5. The molecule has 1 heterocycles. The molecule has 1 unspecified atom stereocenters. The van der Waals surface area contributed by atoms with E-state index >= 15 is 0 Å². The average Bonchev–Trinajstić information content (AvgIpc) is 3.09. The van der Waals surface area contributed by atoms with Crippen molar-refractivity contribution in [2.24, 2.45) is 0 Å². The molecular weight excluding hydrogens is 479 g/mol. The lowest BCUT2D eigenvalue weighted by Gasteiger charge is -2.18. The summed E-state index contributed by atoms with van der Waals surface area (Å²) in [7, 11) is 1.74. The molecule has 3 aromatic rings. The van der Waals surface area contributed by atoms with Gasteiger partial charge in [0, 0.05) is 29.2 Å². The van der Waals surface area contributed by atoms with E-state index in [9.17, 15) is 14.4 Å². The molecule has 3 amide bonds. The Bertz CT molecular complexity index is 1210. The summed E-state index contributed by atoms with van der Waals surface area (Å²) in [6.45, 7) is 0.428. The lowest BCUT2D eigenvalue weighted by Crippen LogP contribution is -2.26. The number of carbonyl (C=O) groups is 3. The van der Waals surface area contributed by atoms with E-state index in [1.165, 1.54) is 0 Å². The van der Waals surface area contributed by atoms with E-state index in [2.05, 4.69) is 5.32 Å². The zero-order valence-electron chi connectivity index (χ0n) is 17.7. The van der Waals surface area contributed by atoms with Crippen LogP contribution in [0.4, 0.5) is 4.79 Å². The number of amides is 3. The molecule has 0 radical (unpaired) electrons. The molecule has 1 saturated heterocycles. The summed E-state index contributed by atoms with van der Waals surface area (Å²) < 4.78 is 0. The van der Waals surface area contributed by atoms with Gasteiger partial charge in [-0.1, -0.05) is 77.4 Å². The standard InChI is InChI=1S/C25H20Cl2N2O3S/c1-29(24(31)19-11-20(26)13-21(27)12-19)14-16-3-2-4-18(9-16)17-7-5-15(6-8-17)10-22-23(30)28-25(32)33-22/h2-9,11-13,22H,10,14H2,1H3,(H,28,30,32). The fourth-order valence-corrected chi connectivity index (χ4v) is 5.05. The number of rotatable bonds is 6. The third-order valence-corrected chi connectivity index (χ3v) is 6.70. The zero-order valence-corrected chi connectivity index (χ0v) is 20.0. The van der Waals surface area contributed by atoms with Crippen LogP contribution >= 0.6 is 35.0 Å². The van der Waals surface area contributed by atoms with E-state index in [4.69, 9.17) is 23.2 Å². The van der Waals surface area contributed by atoms with Gasteiger partial charge in [0.2, 0.25) is 5.91 Å². The number of nitrogens with zero attached hydrogens (tertiary/aromatic N) is 1. The molecule has 1 aliphatic rings. The van der Waals surface area contributed by atoms with Crippen LogP contribution in [0.15, 0.2) is 66.7 Å². The largest absolute Gasteiger partial charge is 0.337 e. The first-order valence-corrected chi connectivity index (χ1v) is 11.8. The van der Waals surface area contributed by atoms with E-state index in [-0.39, 0.29) is 22.3 Å². The summed E-state index contributed by atoms with van der Waals surface area (Å²) in [5.74, 6) is -0.401. The molecule has 0 saturated carbocycles. The second-order valence-electron chi connectivity index (χ2n) is 7.80. The SMILES string of the molecule is CN(Cc1cccc(-c2ccc(CC3SC(=O)NC3=O)cc2)c1)C(=O)c1cc(Cl)cc(Cl)c1. The second kappa shape index (κ2) is 10.00. The van der Waals surface area contributed by atoms with Crippen molar-refractivity contribution in [2.75, 3.05) is 7.05 Å². The summed E-state index contributed by atoms with van der Waals surface area (Å²) in [5.41, 5.74) is 4.46. The van der Waals surface area contributed by atoms with Gasteiger partial charge in [-0.25, -0.2) is 0 Å². The van der Waals surface area contributed by atoms with Crippen molar-refractivity contribution in [1.29, 1.82) is 0 Å². The number of imide groups is 1. The molecule has 4 rings (SSSR count). The number of halogens is 2. The number of thioether (sulfide) groups is 1. The molecule has 0 aromatic heterocycles. The highest BCUT2D eigenvalue weighted by molar-refractivity contribution is 8.15. The highest BCUT2D eigenvalue weighted by Crippen LogP contribution is 2.26. The number of benzene rings is 3. The Morgan fingerprint density at radius 3 is 2.27 bits per heavy atom. The molecule has 3 aromatic carbocycles. The Balaban J connectivity index is 1.44. The normalized spacial score (nSPS) is 15.4. The van der Waals surface area contributed by atoms with Crippen LogP contribution in [0.1, 0.15) is 21.5 Å². The Morgan fingerprint density at radius 1 is 0.939 bits per heavy atom. The molecule has 0 bridgehead atoms. The van der Waals surface area contributed by atoms with Crippen molar-refractivity contribution >= 4 is 52.0 Å². The topological polar surface area (TPSA) is 66.5 Å². The molecule has 0 aliphatic carbocycles. The predicted octanol–water partition coefficient (Wildman–Crippen LogP) is 5.83. The van der Waals surface area contributed by atoms with Gasteiger partial charge in [-0.05, 0) is 52.9 Å². The molecule has 1 atom stereocenters. The molecule has 1 fully saturated rings. The van der Waals surface area contributed by atoms with Gasteiger partial charge >= 0.3 is 0 Å². The summed E-state index contributed by atoms with van der Waals surface area (Å²) >= 11 is 13.1. The Morgan fingerprint density at radius 2 is 1.64 bits per heavy atom. The van der Waals surface area contributed by atoms with Crippen molar-refractivity contribution in [3.05, 3.63) is 93.5 Å². The summed E-state index contributed by atoms with van der Waals surface area (Å²) in [5, 5.41) is 2.48. The molecule has 8 heteroatoms. The van der Waals surface area contributed by atoms with Gasteiger partial charge in [0.05, 0.1) is 5.25 Å². The molecule has 1 N–H and O–H groups in total. The minimum Gasteiger partial charge on any atom is -0.337 e. The molecule has 33 heavy (non-hydrogen) atoms. The lowest BCUT2D eigenvalue weighted by molar-refractivity contribution is -0.118. The maximum absolute atomic E-state index is 12.8. The van der Waals surface area contributed by atoms with Gasteiger partial charge in [0.1, 0.15) is 0 Å². The van der Waals surface area contributed by atoms with Crippen molar-refractivity contribution in [2.45, 2.75) is 18.2 Å². The van der Waals surface area contributed by atoms with E-state index < -0.39 is 0 Å². The highest BCUT2D eigenvalue weighted by Gasteiger charge is 2.31. The van der Waals surface area contributed by atoms with Gasteiger partial charge < -0.3 is 4.90 Å². The monoisotopic (exact) mass is 498 g/mol. The third kappa shape index (κ3) is 5.77. The van der Waals surface area contributed by atoms with E-state index in [1.807, 2.05) is 48.5 Å². The minimum atomic E-state index is -0.380. The second-order valence-corrected chi connectivity index (χ2v) is 9.85. The Kier molecular flexibility index (Phi) is 7.08. The van der Waals surface area contributed by atoms with Crippen LogP contribution in [0.2, 0.25) is 10.0 Å². The molecule has 168 valence electrons. The van der Waals surface area contributed by atoms with Crippen LogP contribution in [0, 0.1) is 0 Å². The molecular formula is C25H20Cl2N2O3S. The quantitative estimate of drug-likeness (QED) is 0.464. The van der Waals surface area contributed by atoms with Crippen LogP contribution in [0.25, 0.3) is 11.1 Å². The van der Waals surface area contributed by atoms with Gasteiger partial charge in [0.15, 0.2) is 0 Å². The first-order valence-electron chi connectivity index (χ1n) is 10.2. The summed E-state index contributed by atoms with van der Waals surface area (Å²) in [6.07, 6.45) is 0.503. The molecule has 0 spiro atoms. The Hall–Kier alpha value is -2.80. The number of nitrogens with one attached hydrogen (secondary N) is 1. The fourth-order valence-electron chi connectivity index (χ4n) is 3.67. The smallest absolute Gasteiger partial charge is 0.286 e. The summed E-state index contributed by atoms with van der Waals surface area (Å²) in [6, 6.07) is 20.7. The maximum Gasteiger partial charge on any atom is 0.286 e. The maximum atomic E-state index is 12.8. The number of hydrogen-bond acceptors (Lipinski definition) is 4. The van der Waals surface area contributed by atoms with Gasteiger partial charge in [0.25, 0.3) is 11.1 Å². The van der Waals surface area contributed by atoms with E-state index in [1.54, 1.807) is 30.1 Å². The van der Waals surface area contributed by atoms with E-state index in [0.717, 1.165) is 34.0 Å². The van der Waals surface area contributed by atoms with Crippen molar-refractivity contribution < 1.29 is 14.4 Å². The van der Waals surface area contributed by atoms with Crippen molar-refractivity contribution in [3.63, 3.8) is 0 Å². The van der Waals surface area contributed by atoms with Gasteiger partial charge in [-0.3, -0.25) is 19.7 Å². The van der Waals surface area contributed by atoms with Crippen molar-refractivity contribution in [1.82, 2.24) is 10.2 Å². The summed E-state index contributed by atoms with van der Waals surface area (Å²) in [4.78, 5) is 37.5. The van der Waals surface area contributed by atoms with Crippen LogP contribution in [0.3, 0.4) is 0 Å². The van der Waals surface area contributed by atoms with Gasteiger partial charge in [-0.15, -0.1) is 0 Å². The first kappa shape index (κ1) is 23.4. The van der Waals surface area contributed by atoms with Crippen LogP contribution in [0.5, 0.6) is 0 Å². The van der Waals surface area contributed by atoms with Crippen molar-refractivity contribution in [3.8, 4) is 11.1 Å². The van der Waals surface area contributed by atoms with Gasteiger partial charge in [-0.2, -0.15) is 0 Å². The fraction of sp³-hybridized carbons (Fsp3) is 0.160. The minimum absolute atomic E-state index is 0.165.